The molecule has 0 radical (unpaired) electrons. The minimum absolute atomic E-state index is 0.159. The van der Waals surface area contributed by atoms with Crippen LogP contribution in [0.25, 0.3) is 5.57 Å². The average Bonchev–Trinajstić information content (AvgIpc) is 2.83. The van der Waals surface area contributed by atoms with Crippen molar-refractivity contribution in [3.05, 3.63) is 60.3 Å². The number of allylic oxidation sites excluding steroid dienone is 5. The van der Waals surface area contributed by atoms with Gasteiger partial charge in [0.15, 0.2) is 0 Å². The van der Waals surface area contributed by atoms with Crippen molar-refractivity contribution in [1.29, 1.82) is 0 Å². The molecule has 1 aromatic carbocycles. The van der Waals surface area contributed by atoms with Crippen LogP contribution in [0.5, 0.6) is 5.75 Å². The third kappa shape index (κ3) is 2.34. The number of hydrogen-bond donors (Lipinski definition) is 0. The molecule has 0 saturated carbocycles. The zero-order valence-corrected chi connectivity index (χ0v) is 9.96. The Labute approximate surface area is 109 Å². The van der Waals surface area contributed by atoms with Crippen molar-refractivity contribution in [3.8, 4) is 5.75 Å². The fourth-order valence-electron chi connectivity index (χ4n) is 2.23. The lowest BCUT2D eigenvalue weighted by Gasteiger charge is -2.14. The van der Waals surface area contributed by atoms with Gasteiger partial charge in [0.25, 0.3) is 0 Å². The summed E-state index contributed by atoms with van der Waals surface area (Å²) in [6.07, 6.45) is 9.80. The van der Waals surface area contributed by atoms with Gasteiger partial charge in [-0.05, 0) is 29.3 Å². The fourth-order valence-corrected chi connectivity index (χ4v) is 2.23. The van der Waals surface area contributed by atoms with Gasteiger partial charge in [0.1, 0.15) is 5.75 Å². The van der Waals surface area contributed by atoms with Crippen LogP contribution in [0.3, 0.4) is 0 Å². The number of nitrogens with zero attached hydrogens (tertiary/aromatic N) is 1. The van der Waals surface area contributed by atoms with E-state index in [0.29, 0.717) is 0 Å². The van der Waals surface area contributed by atoms with E-state index in [1.807, 2.05) is 24.4 Å². The van der Waals surface area contributed by atoms with Crippen LogP contribution in [0.1, 0.15) is 5.56 Å². The van der Waals surface area contributed by atoms with Crippen LogP contribution >= 0.6 is 0 Å². The zero-order chi connectivity index (χ0) is 13.2. The van der Waals surface area contributed by atoms with E-state index in [2.05, 4.69) is 15.8 Å². The number of rotatable bonds is 3. The van der Waals surface area contributed by atoms with Gasteiger partial charge in [-0.2, -0.15) is 8.78 Å². The Hall–Kier alpha value is -2.23. The number of halogens is 2. The number of benzene rings is 1. The summed E-state index contributed by atoms with van der Waals surface area (Å²) in [4.78, 5) is 4.35. The fraction of sp³-hybridized carbons (Fsp3) is 0.133. The van der Waals surface area contributed by atoms with Gasteiger partial charge in [-0.1, -0.05) is 30.4 Å². The number of aliphatic imine (C=N–C) groups is 1. The molecule has 4 heteroatoms. The van der Waals surface area contributed by atoms with Crippen LogP contribution in [0.2, 0.25) is 0 Å². The normalized spacial score (nSPS) is 20.3. The number of alkyl halides is 2. The third-order valence-electron chi connectivity index (χ3n) is 3.10. The highest BCUT2D eigenvalue weighted by Crippen LogP contribution is 2.33. The second-order valence-corrected chi connectivity index (χ2v) is 4.26. The smallest absolute Gasteiger partial charge is 0.387 e. The van der Waals surface area contributed by atoms with Gasteiger partial charge >= 0.3 is 6.61 Å². The van der Waals surface area contributed by atoms with E-state index >= 15 is 0 Å². The second kappa shape index (κ2) is 4.80. The Kier molecular flexibility index (Phi) is 2.99. The van der Waals surface area contributed by atoms with Crippen LogP contribution in [0, 0.1) is 5.92 Å². The molecule has 0 N–H and O–H groups in total. The average molecular weight is 259 g/mol. The summed E-state index contributed by atoms with van der Waals surface area (Å²) in [6, 6.07) is 6.63. The maximum Gasteiger partial charge on any atom is 0.387 e. The molecule has 1 aromatic rings. The van der Waals surface area contributed by atoms with Crippen molar-refractivity contribution in [2.75, 3.05) is 0 Å². The maximum atomic E-state index is 12.1. The topological polar surface area (TPSA) is 21.6 Å². The predicted molar refractivity (Wildman–Crippen MR) is 70.3 cm³/mol. The van der Waals surface area contributed by atoms with Crippen molar-refractivity contribution in [1.82, 2.24) is 0 Å². The minimum Gasteiger partial charge on any atom is -0.435 e. The van der Waals surface area contributed by atoms with Gasteiger partial charge in [0.2, 0.25) is 0 Å². The summed E-state index contributed by atoms with van der Waals surface area (Å²) in [5.41, 5.74) is 3.04. The summed E-state index contributed by atoms with van der Waals surface area (Å²) in [6.45, 7) is -2.79. The maximum absolute atomic E-state index is 12.1. The lowest BCUT2D eigenvalue weighted by Crippen LogP contribution is -2.09. The van der Waals surface area contributed by atoms with Crippen LogP contribution in [0.4, 0.5) is 8.78 Å². The Morgan fingerprint density at radius 3 is 2.63 bits per heavy atom. The van der Waals surface area contributed by atoms with E-state index in [-0.39, 0.29) is 11.7 Å². The molecule has 3 rings (SSSR count). The third-order valence-corrected chi connectivity index (χ3v) is 3.10. The summed E-state index contributed by atoms with van der Waals surface area (Å²) in [5, 5.41) is 0. The molecule has 1 aliphatic carbocycles. The number of fused-ring (bicyclic) bond motifs is 1. The van der Waals surface area contributed by atoms with Crippen molar-refractivity contribution in [3.63, 3.8) is 0 Å². The summed E-state index contributed by atoms with van der Waals surface area (Å²) in [5.74, 6) is 0.324. The van der Waals surface area contributed by atoms with E-state index in [1.165, 1.54) is 0 Å². The lowest BCUT2D eigenvalue weighted by atomic mass is 9.88. The van der Waals surface area contributed by atoms with Crippen LogP contribution in [-0.2, 0) is 0 Å². The SMILES string of the molecule is FC(F)Oc1ccc(C2=CN=C3C=CC=CC23)cc1. The van der Waals surface area contributed by atoms with Crippen LogP contribution in [0.15, 0.2) is 59.8 Å². The van der Waals surface area contributed by atoms with Crippen molar-refractivity contribution < 1.29 is 13.5 Å². The lowest BCUT2D eigenvalue weighted by molar-refractivity contribution is -0.0498. The molecule has 0 spiro atoms. The Balaban J connectivity index is 1.81. The van der Waals surface area contributed by atoms with Crippen molar-refractivity contribution in [2.24, 2.45) is 10.9 Å². The van der Waals surface area contributed by atoms with Gasteiger partial charge in [-0.3, -0.25) is 4.99 Å². The molecule has 0 fully saturated rings. The van der Waals surface area contributed by atoms with E-state index in [1.54, 1.807) is 24.3 Å². The van der Waals surface area contributed by atoms with E-state index < -0.39 is 6.61 Å². The van der Waals surface area contributed by atoms with Gasteiger partial charge in [-0.25, -0.2) is 0 Å². The van der Waals surface area contributed by atoms with Crippen LogP contribution in [-0.4, -0.2) is 12.3 Å². The zero-order valence-electron chi connectivity index (χ0n) is 9.96. The Morgan fingerprint density at radius 1 is 1.11 bits per heavy atom. The van der Waals surface area contributed by atoms with E-state index in [9.17, 15) is 8.78 Å². The van der Waals surface area contributed by atoms with Gasteiger partial charge in [0, 0.05) is 12.1 Å². The molecule has 1 aliphatic heterocycles. The molecule has 0 aromatic heterocycles. The Morgan fingerprint density at radius 2 is 1.89 bits per heavy atom. The first kappa shape index (κ1) is 11.8. The molecule has 0 amide bonds. The van der Waals surface area contributed by atoms with Gasteiger partial charge in [0.05, 0.1) is 5.71 Å². The standard InChI is InChI=1S/C15H11F2NO/c16-15(17)19-11-7-5-10(6-8-11)13-9-18-14-4-2-1-3-12(13)14/h1-9,12,15H. The summed E-state index contributed by atoms with van der Waals surface area (Å²) in [7, 11) is 0. The first-order valence-corrected chi connectivity index (χ1v) is 5.92. The molecular formula is C15H11F2NO. The summed E-state index contributed by atoms with van der Waals surface area (Å²) >= 11 is 0. The largest absolute Gasteiger partial charge is 0.435 e. The Bertz CT molecular complexity index is 597. The second-order valence-electron chi connectivity index (χ2n) is 4.26. The van der Waals surface area contributed by atoms with Gasteiger partial charge < -0.3 is 4.74 Å². The summed E-state index contributed by atoms with van der Waals surface area (Å²) < 4.78 is 28.5. The van der Waals surface area contributed by atoms with Crippen molar-refractivity contribution >= 4 is 11.3 Å². The monoisotopic (exact) mass is 259 g/mol. The van der Waals surface area contributed by atoms with Crippen LogP contribution < -0.4 is 4.74 Å². The van der Waals surface area contributed by atoms with Gasteiger partial charge in [-0.15, -0.1) is 0 Å². The highest BCUT2D eigenvalue weighted by molar-refractivity contribution is 6.09. The van der Waals surface area contributed by atoms with E-state index in [0.717, 1.165) is 16.8 Å². The molecular weight excluding hydrogens is 248 g/mol. The highest BCUT2D eigenvalue weighted by Gasteiger charge is 2.23. The number of hydrogen-bond acceptors (Lipinski definition) is 2. The molecule has 0 saturated heterocycles. The molecule has 1 atom stereocenters. The first-order chi connectivity index (χ1) is 9.24. The molecule has 2 nitrogen and oxygen atoms in total. The molecule has 0 bridgehead atoms. The first-order valence-electron chi connectivity index (χ1n) is 5.92. The quantitative estimate of drug-likeness (QED) is 0.808. The molecule has 96 valence electrons. The molecule has 1 unspecified atom stereocenters. The van der Waals surface area contributed by atoms with E-state index in [4.69, 9.17) is 0 Å². The predicted octanol–water partition coefficient (Wildman–Crippen LogP) is 3.83. The molecule has 2 aliphatic rings. The highest BCUT2D eigenvalue weighted by atomic mass is 19.3. The number of ether oxygens (including phenoxy) is 1. The minimum atomic E-state index is -2.79. The van der Waals surface area contributed by atoms with Crippen molar-refractivity contribution in [2.45, 2.75) is 6.61 Å². The molecule has 1 heterocycles. The molecule has 19 heavy (non-hydrogen) atoms.